The van der Waals surface area contributed by atoms with E-state index in [1.165, 1.54) is 16.7 Å². The van der Waals surface area contributed by atoms with E-state index in [2.05, 4.69) is 47.4 Å². The molecule has 0 fully saturated rings. The lowest BCUT2D eigenvalue weighted by molar-refractivity contribution is 0.174. The minimum absolute atomic E-state index is 0.262. The highest BCUT2D eigenvalue weighted by Crippen LogP contribution is 2.36. The Labute approximate surface area is 162 Å². The molecule has 2 aromatic carbocycles. The zero-order valence-electron chi connectivity index (χ0n) is 15.8. The van der Waals surface area contributed by atoms with E-state index in [9.17, 15) is 0 Å². The van der Waals surface area contributed by atoms with Gasteiger partial charge >= 0.3 is 0 Å². The second-order valence-corrected chi connectivity index (χ2v) is 6.98. The van der Waals surface area contributed by atoms with Gasteiger partial charge in [0, 0.05) is 18.3 Å². The number of benzene rings is 2. The zero-order valence-corrected chi connectivity index (χ0v) is 15.8. The van der Waals surface area contributed by atoms with Gasteiger partial charge in [0.25, 0.3) is 0 Å². The Hall–Kier alpha value is -3.54. The lowest BCUT2D eigenvalue weighted by atomic mass is 10.1. The summed E-state index contributed by atoms with van der Waals surface area (Å²) in [4.78, 5) is 4.54. The molecule has 1 aliphatic heterocycles. The minimum Gasteiger partial charge on any atom is -0.454 e. The van der Waals surface area contributed by atoms with Crippen LogP contribution in [0, 0.1) is 13.8 Å². The lowest BCUT2D eigenvalue weighted by Gasteiger charge is -2.11. The van der Waals surface area contributed by atoms with Crippen LogP contribution >= 0.6 is 0 Å². The Morgan fingerprint density at radius 1 is 1.04 bits per heavy atom. The monoisotopic (exact) mass is 372 g/mol. The standard InChI is InChI=1S/C22H20N4O2/c1-14-3-4-17(15(2)9-14)11-24-21-7-8-23-22-18(12-25-26(21)22)16-5-6-19-20(10-16)28-13-27-19/h3-10,12,24H,11,13H2,1-2H3. The molecule has 140 valence electrons. The van der Waals surface area contributed by atoms with Crippen LogP contribution in [0.5, 0.6) is 11.5 Å². The van der Waals surface area contributed by atoms with Crippen molar-refractivity contribution in [1.82, 2.24) is 14.6 Å². The molecule has 28 heavy (non-hydrogen) atoms. The minimum atomic E-state index is 0.262. The SMILES string of the molecule is Cc1ccc(CNc2ccnc3c(-c4ccc5c(c4)OCO5)cnn23)c(C)c1. The molecule has 0 spiro atoms. The first-order chi connectivity index (χ1) is 13.7. The van der Waals surface area contributed by atoms with Gasteiger partial charge < -0.3 is 14.8 Å². The second kappa shape index (κ2) is 6.56. The van der Waals surface area contributed by atoms with Gasteiger partial charge in [-0.25, -0.2) is 4.98 Å². The summed E-state index contributed by atoms with van der Waals surface area (Å²) in [6.07, 6.45) is 3.64. The smallest absolute Gasteiger partial charge is 0.231 e. The van der Waals surface area contributed by atoms with Crippen LogP contribution in [-0.4, -0.2) is 21.4 Å². The van der Waals surface area contributed by atoms with E-state index in [4.69, 9.17) is 9.47 Å². The van der Waals surface area contributed by atoms with Crippen molar-refractivity contribution in [2.75, 3.05) is 12.1 Å². The molecule has 0 aliphatic carbocycles. The number of aromatic nitrogens is 3. The molecule has 0 amide bonds. The number of nitrogens with zero attached hydrogens (tertiary/aromatic N) is 3. The Kier molecular flexibility index (Phi) is 3.90. The van der Waals surface area contributed by atoms with Gasteiger partial charge in [-0.1, -0.05) is 29.8 Å². The summed E-state index contributed by atoms with van der Waals surface area (Å²) < 4.78 is 12.7. The molecule has 6 nitrogen and oxygen atoms in total. The average Bonchev–Trinajstić information content (AvgIpc) is 3.33. The predicted molar refractivity (Wildman–Crippen MR) is 108 cm³/mol. The number of nitrogens with one attached hydrogen (secondary N) is 1. The highest BCUT2D eigenvalue weighted by Gasteiger charge is 2.17. The van der Waals surface area contributed by atoms with Gasteiger partial charge in [-0.3, -0.25) is 0 Å². The highest BCUT2D eigenvalue weighted by atomic mass is 16.7. The molecule has 5 rings (SSSR count). The molecule has 2 aromatic heterocycles. The normalized spacial score (nSPS) is 12.5. The number of aryl methyl sites for hydroxylation is 2. The van der Waals surface area contributed by atoms with Crippen LogP contribution < -0.4 is 14.8 Å². The topological polar surface area (TPSA) is 60.7 Å². The van der Waals surface area contributed by atoms with E-state index in [-0.39, 0.29) is 6.79 Å². The van der Waals surface area contributed by atoms with Crippen molar-refractivity contribution in [3.05, 3.63) is 71.5 Å². The molecular formula is C22H20N4O2. The highest BCUT2D eigenvalue weighted by molar-refractivity contribution is 5.79. The molecule has 0 saturated heterocycles. The maximum absolute atomic E-state index is 5.50. The molecule has 1 N–H and O–H groups in total. The summed E-state index contributed by atoms with van der Waals surface area (Å²) in [5, 5.41) is 8.04. The summed E-state index contributed by atoms with van der Waals surface area (Å²) >= 11 is 0. The third-order valence-electron chi connectivity index (χ3n) is 5.04. The summed E-state index contributed by atoms with van der Waals surface area (Å²) in [5.74, 6) is 2.42. The molecule has 0 saturated carbocycles. The summed E-state index contributed by atoms with van der Waals surface area (Å²) in [6.45, 7) is 5.23. The van der Waals surface area contributed by atoms with Crippen LogP contribution in [-0.2, 0) is 6.54 Å². The van der Waals surface area contributed by atoms with E-state index < -0.39 is 0 Å². The number of ether oxygens (including phenoxy) is 2. The fraction of sp³-hybridized carbons (Fsp3) is 0.182. The molecule has 4 aromatic rings. The second-order valence-electron chi connectivity index (χ2n) is 6.98. The quantitative estimate of drug-likeness (QED) is 0.577. The third-order valence-corrected chi connectivity index (χ3v) is 5.04. The largest absolute Gasteiger partial charge is 0.454 e. The van der Waals surface area contributed by atoms with Crippen molar-refractivity contribution in [3.63, 3.8) is 0 Å². The van der Waals surface area contributed by atoms with Crippen molar-refractivity contribution in [1.29, 1.82) is 0 Å². The number of anilines is 1. The molecule has 6 heteroatoms. The van der Waals surface area contributed by atoms with Gasteiger partial charge in [0.05, 0.1) is 6.20 Å². The molecular weight excluding hydrogens is 352 g/mol. The molecule has 0 bridgehead atoms. The third kappa shape index (κ3) is 2.83. The van der Waals surface area contributed by atoms with E-state index in [0.717, 1.165) is 40.6 Å². The van der Waals surface area contributed by atoms with Gasteiger partial charge in [-0.15, -0.1) is 0 Å². The summed E-state index contributed by atoms with van der Waals surface area (Å²) in [6, 6.07) is 14.3. The molecule has 0 atom stereocenters. The van der Waals surface area contributed by atoms with E-state index in [1.807, 2.05) is 35.0 Å². The van der Waals surface area contributed by atoms with E-state index in [1.54, 1.807) is 6.20 Å². The van der Waals surface area contributed by atoms with Crippen molar-refractivity contribution in [2.24, 2.45) is 0 Å². The Morgan fingerprint density at radius 2 is 1.93 bits per heavy atom. The van der Waals surface area contributed by atoms with Crippen LogP contribution in [0.15, 0.2) is 54.9 Å². The maximum Gasteiger partial charge on any atom is 0.231 e. The Balaban J connectivity index is 1.47. The van der Waals surface area contributed by atoms with Crippen LogP contribution in [0.3, 0.4) is 0 Å². The number of rotatable bonds is 4. The fourth-order valence-corrected chi connectivity index (χ4v) is 3.52. The molecule has 0 radical (unpaired) electrons. The first-order valence-corrected chi connectivity index (χ1v) is 9.22. The zero-order chi connectivity index (χ0) is 19.1. The number of hydrogen-bond donors (Lipinski definition) is 1. The van der Waals surface area contributed by atoms with Crippen LogP contribution in [0.2, 0.25) is 0 Å². The van der Waals surface area contributed by atoms with Gasteiger partial charge in [-0.2, -0.15) is 9.61 Å². The molecule has 0 unspecified atom stereocenters. The number of fused-ring (bicyclic) bond motifs is 2. The van der Waals surface area contributed by atoms with Gasteiger partial charge in [0.1, 0.15) is 5.82 Å². The van der Waals surface area contributed by atoms with Crippen molar-refractivity contribution >= 4 is 11.5 Å². The van der Waals surface area contributed by atoms with Gasteiger partial charge in [0.15, 0.2) is 17.1 Å². The van der Waals surface area contributed by atoms with Crippen molar-refractivity contribution in [2.45, 2.75) is 20.4 Å². The average molecular weight is 372 g/mol. The summed E-state index contributed by atoms with van der Waals surface area (Å²) in [7, 11) is 0. The van der Waals surface area contributed by atoms with Crippen molar-refractivity contribution < 1.29 is 9.47 Å². The van der Waals surface area contributed by atoms with Crippen LogP contribution in [0.1, 0.15) is 16.7 Å². The fourth-order valence-electron chi connectivity index (χ4n) is 3.52. The van der Waals surface area contributed by atoms with Gasteiger partial charge in [-0.05, 0) is 48.7 Å². The number of hydrogen-bond acceptors (Lipinski definition) is 5. The van der Waals surface area contributed by atoms with Crippen molar-refractivity contribution in [3.8, 4) is 22.6 Å². The predicted octanol–water partition coefficient (Wildman–Crippen LogP) is 4.35. The lowest BCUT2D eigenvalue weighted by Crippen LogP contribution is -2.06. The van der Waals surface area contributed by atoms with Crippen LogP contribution in [0.4, 0.5) is 5.82 Å². The van der Waals surface area contributed by atoms with E-state index >= 15 is 0 Å². The van der Waals surface area contributed by atoms with Gasteiger partial charge in [0.2, 0.25) is 6.79 Å². The first kappa shape index (κ1) is 16.6. The Morgan fingerprint density at radius 3 is 2.82 bits per heavy atom. The maximum atomic E-state index is 5.50. The molecule has 1 aliphatic rings. The summed E-state index contributed by atoms with van der Waals surface area (Å²) in [5.41, 5.74) is 6.56. The Bertz CT molecular complexity index is 1180. The van der Waals surface area contributed by atoms with Crippen LogP contribution in [0.25, 0.3) is 16.8 Å². The van der Waals surface area contributed by atoms with E-state index in [0.29, 0.717) is 0 Å². The molecule has 3 heterocycles. The first-order valence-electron chi connectivity index (χ1n) is 9.22.